The lowest BCUT2D eigenvalue weighted by Crippen LogP contribution is -2.35. The van der Waals surface area contributed by atoms with Crippen molar-refractivity contribution in [3.05, 3.63) is 93.5 Å². The second-order valence-corrected chi connectivity index (χ2v) is 8.91. The Kier molecular flexibility index (Phi) is 5.26. The van der Waals surface area contributed by atoms with Gasteiger partial charge in [0, 0.05) is 22.6 Å². The number of nitrogens with zero attached hydrogens (tertiary/aromatic N) is 4. The lowest BCUT2D eigenvalue weighted by molar-refractivity contribution is -0.114. The van der Waals surface area contributed by atoms with Crippen molar-refractivity contribution in [3.63, 3.8) is 0 Å². The molecule has 0 aliphatic carbocycles. The van der Waals surface area contributed by atoms with Crippen LogP contribution in [0.5, 0.6) is 0 Å². The zero-order valence-corrected chi connectivity index (χ0v) is 19.2. The maximum Gasteiger partial charge on any atom is 0.283 e. The number of hydrogen-bond donors (Lipinski definition) is 1. The van der Waals surface area contributed by atoms with Crippen LogP contribution in [0.4, 0.5) is 4.39 Å². The number of aryl methyl sites for hydroxylation is 1. The summed E-state index contributed by atoms with van der Waals surface area (Å²) in [7, 11) is 0. The van der Waals surface area contributed by atoms with Gasteiger partial charge >= 0.3 is 0 Å². The van der Waals surface area contributed by atoms with Gasteiger partial charge in [0.2, 0.25) is 5.17 Å². The summed E-state index contributed by atoms with van der Waals surface area (Å²) >= 11 is 7.49. The fourth-order valence-corrected chi connectivity index (χ4v) is 5.02. The summed E-state index contributed by atoms with van der Waals surface area (Å²) in [6, 6.07) is 15.4. The van der Waals surface area contributed by atoms with Gasteiger partial charge in [0.15, 0.2) is 5.84 Å². The van der Waals surface area contributed by atoms with Crippen LogP contribution in [0.15, 0.2) is 70.3 Å². The summed E-state index contributed by atoms with van der Waals surface area (Å²) in [4.78, 5) is 17.0. The van der Waals surface area contributed by atoms with Gasteiger partial charge in [-0.15, -0.1) is 0 Å². The van der Waals surface area contributed by atoms with Crippen LogP contribution < -0.4 is 0 Å². The van der Waals surface area contributed by atoms with E-state index in [4.69, 9.17) is 17.0 Å². The van der Waals surface area contributed by atoms with Crippen molar-refractivity contribution < 1.29 is 9.18 Å². The van der Waals surface area contributed by atoms with Crippen LogP contribution >= 0.6 is 23.4 Å². The van der Waals surface area contributed by atoms with E-state index in [-0.39, 0.29) is 17.2 Å². The molecule has 0 fully saturated rings. The van der Waals surface area contributed by atoms with E-state index in [1.54, 1.807) is 24.3 Å². The van der Waals surface area contributed by atoms with E-state index in [0.717, 1.165) is 28.2 Å². The Morgan fingerprint density at radius 2 is 1.85 bits per heavy atom. The Labute approximate surface area is 198 Å². The number of amidine groups is 2. The number of hydrazone groups is 1. The molecule has 3 aromatic rings. The molecule has 33 heavy (non-hydrogen) atoms. The molecule has 9 heteroatoms. The molecule has 0 saturated heterocycles. The van der Waals surface area contributed by atoms with Gasteiger partial charge in [0.1, 0.15) is 10.9 Å². The first-order valence-electron chi connectivity index (χ1n) is 10.0. The Morgan fingerprint density at radius 3 is 2.58 bits per heavy atom. The molecular weight excluding hydrogens is 461 g/mol. The number of halogens is 2. The number of carbonyl (C=O) groups is 1. The molecule has 1 N–H and O–H groups in total. The number of thioether (sulfide) groups is 1. The summed E-state index contributed by atoms with van der Waals surface area (Å²) in [5, 5.41) is 15.9. The van der Waals surface area contributed by atoms with Crippen LogP contribution in [0.1, 0.15) is 22.5 Å². The highest BCUT2D eigenvalue weighted by atomic mass is 35.5. The average molecular weight is 478 g/mol. The van der Waals surface area contributed by atoms with E-state index in [1.165, 1.54) is 28.9 Å². The molecule has 1 aromatic heterocycles. The second kappa shape index (κ2) is 8.13. The molecule has 2 aliphatic rings. The van der Waals surface area contributed by atoms with Gasteiger partial charge < -0.3 is 4.57 Å². The standard InChI is InChI=1S/C24H17ClFN5OS/c1-13-11-15(14(2)30(13)17-9-7-16(26)8-10-17)12-19-21(27)31-24(28-22(19)32)33-23(29-31)18-5-3-4-6-20(18)25/h3-12,27H,1-2H3/b19-12-,27-21?. The predicted molar refractivity (Wildman–Crippen MR) is 131 cm³/mol. The van der Waals surface area contributed by atoms with Gasteiger partial charge in [0.05, 0.1) is 10.6 Å². The topological polar surface area (TPSA) is 73.8 Å². The van der Waals surface area contributed by atoms with Gasteiger partial charge in [0.25, 0.3) is 5.91 Å². The van der Waals surface area contributed by atoms with Crippen molar-refractivity contribution in [1.29, 1.82) is 5.41 Å². The van der Waals surface area contributed by atoms with Crippen LogP contribution in [0, 0.1) is 25.1 Å². The first-order chi connectivity index (χ1) is 15.8. The first kappa shape index (κ1) is 21.4. The van der Waals surface area contributed by atoms with Gasteiger partial charge in [-0.05, 0) is 73.6 Å². The van der Waals surface area contributed by atoms with Gasteiger partial charge in [-0.25, -0.2) is 4.39 Å². The monoisotopic (exact) mass is 477 g/mol. The molecule has 1 amide bonds. The maximum atomic E-state index is 13.4. The van der Waals surface area contributed by atoms with Gasteiger partial charge in [-0.3, -0.25) is 10.2 Å². The minimum absolute atomic E-state index is 0.0499. The van der Waals surface area contributed by atoms with Crippen molar-refractivity contribution in [3.8, 4) is 5.69 Å². The molecule has 0 bridgehead atoms. The third-order valence-corrected chi connectivity index (χ3v) is 6.69. The molecule has 6 nitrogen and oxygen atoms in total. The van der Waals surface area contributed by atoms with Crippen molar-refractivity contribution in [1.82, 2.24) is 9.58 Å². The summed E-state index contributed by atoms with van der Waals surface area (Å²) in [5.41, 5.74) is 4.22. The quantitative estimate of drug-likeness (QED) is 0.502. The van der Waals surface area contributed by atoms with Crippen LogP contribution in [-0.2, 0) is 4.79 Å². The molecule has 0 atom stereocenters. The minimum Gasteiger partial charge on any atom is -0.318 e. The van der Waals surface area contributed by atoms with Gasteiger partial charge in [-0.2, -0.15) is 15.1 Å². The Morgan fingerprint density at radius 1 is 1.12 bits per heavy atom. The lowest BCUT2D eigenvalue weighted by Gasteiger charge is -2.20. The fourth-order valence-electron chi connectivity index (χ4n) is 3.81. The van der Waals surface area contributed by atoms with E-state index >= 15 is 0 Å². The van der Waals surface area contributed by atoms with E-state index in [9.17, 15) is 9.18 Å². The fraction of sp³-hybridized carbons (Fsp3) is 0.0833. The Balaban J connectivity index is 1.52. The predicted octanol–water partition coefficient (Wildman–Crippen LogP) is 5.55. The van der Waals surface area contributed by atoms with Crippen molar-refractivity contribution in [2.75, 3.05) is 0 Å². The highest BCUT2D eigenvalue weighted by Crippen LogP contribution is 2.33. The molecule has 0 saturated carbocycles. The molecule has 5 rings (SSSR count). The molecule has 2 aromatic carbocycles. The smallest absolute Gasteiger partial charge is 0.283 e. The van der Waals surface area contributed by atoms with Crippen molar-refractivity contribution >= 4 is 51.4 Å². The number of amides is 1. The van der Waals surface area contributed by atoms with Crippen LogP contribution in [0.3, 0.4) is 0 Å². The molecule has 3 heterocycles. The number of rotatable bonds is 3. The van der Waals surface area contributed by atoms with E-state index < -0.39 is 5.91 Å². The zero-order chi connectivity index (χ0) is 23.3. The highest BCUT2D eigenvalue weighted by molar-refractivity contribution is 8.27. The van der Waals surface area contributed by atoms with Crippen LogP contribution in [-0.4, -0.2) is 31.5 Å². The Hall–Kier alpha value is -3.49. The summed E-state index contributed by atoms with van der Waals surface area (Å²) < 4.78 is 15.3. The summed E-state index contributed by atoms with van der Waals surface area (Å²) in [5.74, 6) is -0.856. The third-order valence-electron chi connectivity index (χ3n) is 5.41. The number of aromatic nitrogens is 1. The normalized spacial score (nSPS) is 16.8. The Bertz CT molecular complexity index is 1420. The average Bonchev–Trinajstić information content (AvgIpc) is 3.33. The largest absolute Gasteiger partial charge is 0.318 e. The molecule has 164 valence electrons. The second-order valence-electron chi connectivity index (χ2n) is 7.54. The molecule has 2 aliphatic heterocycles. The molecule has 0 spiro atoms. The SMILES string of the molecule is Cc1cc(/C=C2/C(=N)N3N=C(c4ccccc4Cl)SC3=NC2=O)c(C)n1-c1ccc(F)cc1. The first-order valence-corrected chi connectivity index (χ1v) is 11.2. The number of benzene rings is 2. The van der Waals surface area contributed by atoms with Crippen molar-refractivity contribution in [2.24, 2.45) is 10.1 Å². The minimum atomic E-state index is -0.499. The number of nitrogens with one attached hydrogen (secondary N) is 1. The van der Waals surface area contributed by atoms with E-state index in [0.29, 0.717) is 15.2 Å². The maximum absolute atomic E-state index is 13.4. The van der Waals surface area contributed by atoms with E-state index in [1.807, 2.05) is 42.7 Å². The summed E-state index contributed by atoms with van der Waals surface area (Å²) in [6.45, 7) is 3.84. The number of carbonyl (C=O) groups excluding carboxylic acids is 1. The number of hydrogen-bond acceptors (Lipinski definition) is 4. The third kappa shape index (κ3) is 3.71. The van der Waals surface area contributed by atoms with Gasteiger partial charge in [-0.1, -0.05) is 29.8 Å². The highest BCUT2D eigenvalue weighted by Gasteiger charge is 2.36. The summed E-state index contributed by atoms with van der Waals surface area (Å²) in [6.07, 6.45) is 1.65. The molecule has 0 unspecified atom stereocenters. The number of fused-ring (bicyclic) bond motifs is 1. The van der Waals surface area contributed by atoms with Crippen LogP contribution in [0.2, 0.25) is 5.02 Å². The van der Waals surface area contributed by atoms with Crippen LogP contribution in [0.25, 0.3) is 11.8 Å². The molecule has 0 radical (unpaired) electrons. The molecular formula is C24H17ClFN5OS. The lowest BCUT2D eigenvalue weighted by atomic mass is 10.1. The van der Waals surface area contributed by atoms with Crippen molar-refractivity contribution in [2.45, 2.75) is 13.8 Å². The zero-order valence-electron chi connectivity index (χ0n) is 17.6. The number of aliphatic imine (C=N–C) groups is 1. The van der Waals surface area contributed by atoms with E-state index in [2.05, 4.69) is 10.1 Å².